The minimum absolute atomic E-state index is 0.130. The summed E-state index contributed by atoms with van der Waals surface area (Å²) < 4.78 is 0. The van der Waals surface area contributed by atoms with Crippen molar-refractivity contribution in [1.29, 1.82) is 5.26 Å². The van der Waals surface area contributed by atoms with Gasteiger partial charge in [-0.1, -0.05) is 5.16 Å². The molecule has 1 aliphatic rings. The quantitative estimate of drug-likeness (QED) is 0.413. The maximum Gasteiger partial charge on any atom is 0.331 e. The number of nitriles is 1. The van der Waals surface area contributed by atoms with E-state index in [9.17, 15) is 4.79 Å². The highest BCUT2D eigenvalue weighted by Gasteiger charge is 2.26. The lowest BCUT2D eigenvalue weighted by atomic mass is 9.84. The molecule has 0 amide bonds. The van der Waals surface area contributed by atoms with Gasteiger partial charge in [0.15, 0.2) is 0 Å². The summed E-state index contributed by atoms with van der Waals surface area (Å²) in [5.41, 5.74) is 0.683. The Labute approximate surface area is 64.4 Å². The summed E-state index contributed by atoms with van der Waals surface area (Å²) in [6.07, 6.45) is 1.60. The Morgan fingerprint density at radius 1 is 1.91 bits per heavy atom. The summed E-state index contributed by atoms with van der Waals surface area (Å²) in [4.78, 5) is 14.6. The second kappa shape index (κ2) is 3.15. The Hall–Kier alpha value is -1.37. The molecule has 0 aromatic rings. The van der Waals surface area contributed by atoms with Crippen molar-refractivity contribution in [3.63, 3.8) is 0 Å². The summed E-state index contributed by atoms with van der Waals surface area (Å²) in [6, 6.07) is 2.05. The number of oxime groups is 1. The molecule has 1 atom stereocenters. The van der Waals surface area contributed by atoms with Crippen LogP contribution in [0.3, 0.4) is 0 Å². The molecule has 0 aromatic heterocycles. The lowest BCUT2D eigenvalue weighted by molar-refractivity contribution is -0.141. The molecule has 4 heteroatoms. The Morgan fingerprint density at radius 2 is 2.64 bits per heavy atom. The van der Waals surface area contributed by atoms with E-state index in [1.807, 2.05) is 0 Å². The molecule has 58 valence electrons. The molecule has 0 radical (unpaired) electrons. The van der Waals surface area contributed by atoms with Gasteiger partial charge >= 0.3 is 5.97 Å². The molecule has 0 heterocycles. The highest BCUT2D eigenvalue weighted by Crippen LogP contribution is 2.22. The van der Waals surface area contributed by atoms with E-state index in [0.717, 1.165) is 12.8 Å². The first-order valence-corrected chi connectivity index (χ1v) is 3.38. The summed E-state index contributed by atoms with van der Waals surface area (Å²) in [5.74, 6) is -0.574. The average Bonchev–Trinajstić information content (AvgIpc) is 1.86. The number of hydrogen-bond acceptors (Lipinski definition) is 4. The Bertz CT molecular complexity index is 239. The summed E-state index contributed by atoms with van der Waals surface area (Å²) in [5, 5.41) is 12.0. The van der Waals surface area contributed by atoms with Crippen molar-refractivity contribution in [2.45, 2.75) is 19.8 Å². The van der Waals surface area contributed by atoms with Gasteiger partial charge in [-0.2, -0.15) is 5.26 Å². The van der Waals surface area contributed by atoms with Gasteiger partial charge < -0.3 is 4.84 Å². The monoisotopic (exact) mass is 152 g/mol. The van der Waals surface area contributed by atoms with E-state index in [0.29, 0.717) is 5.71 Å². The SMILES string of the molecule is CC(=O)ON=C1CCC1C#N. The van der Waals surface area contributed by atoms with Gasteiger partial charge in [-0.05, 0) is 12.8 Å². The smallest absolute Gasteiger partial charge is 0.319 e. The Kier molecular flexibility index (Phi) is 2.21. The van der Waals surface area contributed by atoms with Gasteiger partial charge in [-0.15, -0.1) is 0 Å². The molecule has 0 saturated heterocycles. The van der Waals surface area contributed by atoms with Crippen LogP contribution in [0.1, 0.15) is 19.8 Å². The topological polar surface area (TPSA) is 62.4 Å². The van der Waals surface area contributed by atoms with Crippen LogP contribution in [0.15, 0.2) is 5.16 Å². The summed E-state index contributed by atoms with van der Waals surface area (Å²) in [7, 11) is 0. The zero-order valence-electron chi connectivity index (χ0n) is 6.20. The zero-order valence-corrected chi connectivity index (χ0v) is 6.20. The maximum atomic E-state index is 10.3. The van der Waals surface area contributed by atoms with E-state index in [-0.39, 0.29) is 5.92 Å². The van der Waals surface area contributed by atoms with Crippen LogP contribution in [0.25, 0.3) is 0 Å². The van der Waals surface area contributed by atoms with Crippen LogP contribution >= 0.6 is 0 Å². The molecule has 1 unspecified atom stereocenters. The summed E-state index contributed by atoms with van der Waals surface area (Å²) >= 11 is 0. The van der Waals surface area contributed by atoms with Gasteiger partial charge in [0, 0.05) is 6.92 Å². The molecule has 0 bridgehead atoms. The lowest BCUT2D eigenvalue weighted by Crippen LogP contribution is -2.24. The fourth-order valence-corrected chi connectivity index (χ4v) is 0.789. The minimum Gasteiger partial charge on any atom is -0.319 e. The molecular formula is C7H8N2O2. The van der Waals surface area contributed by atoms with Crippen LogP contribution in [-0.2, 0) is 9.63 Å². The maximum absolute atomic E-state index is 10.3. The second-order valence-electron chi connectivity index (χ2n) is 2.39. The first-order chi connectivity index (χ1) is 5.24. The predicted molar refractivity (Wildman–Crippen MR) is 37.5 cm³/mol. The van der Waals surface area contributed by atoms with Gasteiger partial charge in [-0.25, -0.2) is 4.79 Å². The highest BCUT2D eigenvalue weighted by atomic mass is 16.7. The summed E-state index contributed by atoms with van der Waals surface area (Å²) in [6.45, 7) is 1.28. The van der Waals surface area contributed by atoms with E-state index in [1.54, 1.807) is 0 Å². The number of carbonyl (C=O) groups is 1. The van der Waals surface area contributed by atoms with Crippen molar-refractivity contribution in [3.05, 3.63) is 0 Å². The molecular weight excluding hydrogens is 144 g/mol. The molecule has 4 nitrogen and oxygen atoms in total. The van der Waals surface area contributed by atoms with Crippen molar-refractivity contribution in [2.75, 3.05) is 0 Å². The molecule has 1 fully saturated rings. The third-order valence-electron chi connectivity index (χ3n) is 1.54. The number of hydrogen-bond donors (Lipinski definition) is 0. The molecule has 11 heavy (non-hydrogen) atoms. The van der Waals surface area contributed by atoms with E-state index in [4.69, 9.17) is 5.26 Å². The standard InChI is InChI=1S/C7H8N2O2/c1-5(10)11-9-7-3-2-6(7)4-8/h6H,2-3H2,1H3. The Balaban J connectivity index is 2.43. The van der Waals surface area contributed by atoms with Gasteiger partial charge in [0.2, 0.25) is 0 Å². The average molecular weight is 152 g/mol. The van der Waals surface area contributed by atoms with Gasteiger partial charge in [0.25, 0.3) is 0 Å². The normalized spacial score (nSPS) is 25.5. The van der Waals surface area contributed by atoms with Crippen LogP contribution < -0.4 is 0 Å². The third kappa shape index (κ3) is 1.77. The van der Waals surface area contributed by atoms with Crippen molar-refractivity contribution >= 4 is 11.7 Å². The van der Waals surface area contributed by atoms with Crippen molar-refractivity contribution < 1.29 is 9.63 Å². The number of rotatable bonds is 1. The minimum atomic E-state index is -0.443. The van der Waals surface area contributed by atoms with Crippen LogP contribution in [-0.4, -0.2) is 11.7 Å². The van der Waals surface area contributed by atoms with Crippen LogP contribution in [0.2, 0.25) is 0 Å². The van der Waals surface area contributed by atoms with Crippen LogP contribution in [0.5, 0.6) is 0 Å². The fourth-order valence-electron chi connectivity index (χ4n) is 0.789. The second-order valence-corrected chi connectivity index (χ2v) is 2.39. The van der Waals surface area contributed by atoms with E-state index < -0.39 is 5.97 Å². The molecule has 0 N–H and O–H groups in total. The van der Waals surface area contributed by atoms with Crippen LogP contribution in [0.4, 0.5) is 0 Å². The van der Waals surface area contributed by atoms with Crippen molar-refractivity contribution in [2.24, 2.45) is 11.1 Å². The first-order valence-electron chi connectivity index (χ1n) is 3.38. The van der Waals surface area contributed by atoms with Crippen molar-refractivity contribution in [3.8, 4) is 6.07 Å². The zero-order chi connectivity index (χ0) is 8.27. The number of carbonyl (C=O) groups excluding carboxylic acids is 1. The molecule has 0 aromatic carbocycles. The largest absolute Gasteiger partial charge is 0.331 e. The van der Waals surface area contributed by atoms with Gasteiger partial charge in [-0.3, -0.25) is 0 Å². The fraction of sp³-hybridized carbons (Fsp3) is 0.571. The molecule has 0 spiro atoms. The molecule has 1 aliphatic carbocycles. The molecule has 0 aliphatic heterocycles. The molecule has 1 saturated carbocycles. The predicted octanol–water partition coefficient (Wildman–Crippen LogP) is 0.839. The van der Waals surface area contributed by atoms with Crippen LogP contribution in [0, 0.1) is 17.2 Å². The lowest BCUT2D eigenvalue weighted by Gasteiger charge is -2.19. The number of nitrogens with zero attached hydrogens (tertiary/aromatic N) is 2. The third-order valence-corrected chi connectivity index (χ3v) is 1.54. The van der Waals surface area contributed by atoms with Gasteiger partial charge in [0.05, 0.1) is 17.7 Å². The van der Waals surface area contributed by atoms with E-state index >= 15 is 0 Å². The van der Waals surface area contributed by atoms with Crippen molar-refractivity contribution in [1.82, 2.24) is 0 Å². The first kappa shape index (κ1) is 7.73. The highest BCUT2D eigenvalue weighted by molar-refractivity contribution is 5.93. The van der Waals surface area contributed by atoms with Gasteiger partial charge in [0.1, 0.15) is 0 Å². The Morgan fingerprint density at radius 3 is 3.00 bits per heavy atom. The molecule has 1 rings (SSSR count). The van der Waals surface area contributed by atoms with E-state index in [2.05, 4.69) is 16.1 Å². The van der Waals surface area contributed by atoms with E-state index in [1.165, 1.54) is 6.92 Å².